The number of hydrogen-bond acceptors (Lipinski definition) is 6. The van der Waals surface area contributed by atoms with Gasteiger partial charge in [0.1, 0.15) is 17.1 Å². The van der Waals surface area contributed by atoms with Gasteiger partial charge in [0, 0.05) is 16.9 Å². The third-order valence-corrected chi connectivity index (χ3v) is 2.88. The van der Waals surface area contributed by atoms with E-state index < -0.39 is 0 Å². The van der Waals surface area contributed by atoms with Gasteiger partial charge in [-0.2, -0.15) is 9.06 Å². The molecule has 2 N–H and O–H groups in total. The van der Waals surface area contributed by atoms with Crippen molar-refractivity contribution in [2.45, 2.75) is 26.2 Å². The monoisotopic (exact) mass is 268 g/mol. The summed E-state index contributed by atoms with van der Waals surface area (Å²) in [6.07, 6.45) is 1.53. The first-order chi connectivity index (χ1) is 7.88. The minimum Gasteiger partial charge on any atom is -0.387 e. The Morgan fingerprint density at radius 2 is 2.18 bits per heavy atom. The zero-order valence-corrected chi connectivity index (χ0v) is 11.3. The molecule has 0 aliphatic carbocycles. The summed E-state index contributed by atoms with van der Waals surface area (Å²) in [6.45, 7) is 6.17. The Morgan fingerprint density at radius 1 is 1.47 bits per heavy atom. The molecule has 0 aliphatic heterocycles. The van der Waals surface area contributed by atoms with E-state index in [0.717, 1.165) is 5.82 Å². The predicted molar refractivity (Wildman–Crippen MR) is 69.4 cm³/mol. The van der Waals surface area contributed by atoms with Crippen LogP contribution in [0, 0.1) is 0 Å². The Balaban J connectivity index is 2.34. The zero-order valence-electron chi connectivity index (χ0n) is 9.71. The Bertz CT molecular complexity index is 550. The van der Waals surface area contributed by atoms with Gasteiger partial charge in [0.15, 0.2) is 0 Å². The zero-order chi connectivity index (χ0) is 12.6. The van der Waals surface area contributed by atoms with Gasteiger partial charge in [-0.1, -0.05) is 33.0 Å². The highest BCUT2D eigenvalue weighted by atomic mass is 32.1. The molecule has 90 valence electrons. The Labute approximate surface area is 108 Å². The van der Waals surface area contributed by atoms with Gasteiger partial charge >= 0.3 is 0 Å². The fourth-order valence-electron chi connectivity index (χ4n) is 1.08. The van der Waals surface area contributed by atoms with Crippen molar-refractivity contribution >= 4 is 28.7 Å². The molecule has 0 bridgehead atoms. The molecule has 0 aromatic carbocycles. The highest BCUT2D eigenvalue weighted by Gasteiger charge is 2.20. The number of nitrogens with zero attached hydrogens (tertiary/aromatic N) is 5. The molecule has 2 aromatic rings. The molecule has 0 atom stereocenters. The average Bonchev–Trinajstić information content (AvgIpc) is 2.85. The van der Waals surface area contributed by atoms with E-state index in [1.807, 2.05) is 0 Å². The van der Waals surface area contributed by atoms with Crippen LogP contribution in [-0.2, 0) is 5.41 Å². The second-order valence-electron chi connectivity index (χ2n) is 4.53. The van der Waals surface area contributed by atoms with Gasteiger partial charge in [0.25, 0.3) is 0 Å². The first-order valence-corrected chi connectivity index (χ1v) is 6.12. The molecule has 2 rings (SSSR count). The maximum atomic E-state index is 5.44. The Kier molecular flexibility index (Phi) is 2.92. The summed E-state index contributed by atoms with van der Waals surface area (Å²) in [6, 6.07) is 0. The van der Waals surface area contributed by atoms with Gasteiger partial charge < -0.3 is 5.73 Å². The van der Waals surface area contributed by atoms with Crippen LogP contribution in [0.4, 0.5) is 0 Å². The van der Waals surface area contributed by atoms with Gasteiger partial charge in [-0.05, 0) is 0 Å². The van der Waals surface area contributed by atoms with Crippen LogP contribution in [0.15, 0.2) is 6.33 Å². The molecule has 0 radical (unpaired) electrons. The van der Waals surface area contributed by atoms with Crippen molar-refractivity contribution < 1.29 is 0 Å². The van der Waals surface area contributed by atoms with Crippen LogP contribution >= 0.6 is 23.8 Å². The lowest BCUT2D eigenvalue weighted by atomic mass is 9.96. The van der Waals surface area contributed by atoms with Crippen molar-refractivity contribution in [3.05, 3.63) is 18.0 Å². The third-order valence-electron chi connectivity index (χ3n) is 1.99. The van der Waals surface area contributed by atoms with Gasteiger partial charge in [0.2, 0.25) is 11.0 Å². The van der Waals surface area contributed by atoms with E-state index in [9.17, 15) is 0 Å². The third kappa shape index (κ3) is 2.47. The van der Waals surface area contributed by atoms with E-state index in [0.29, 0.717) is 11.0 Å². The predicted octanol–water partition coefficient (Wildman–Crippen LogP) is 1.05. The Hall–Kier alpha value is -1.41. The fourth-order valence-corrected chi connectivity index (χ4v) is 1.96. The van der Waals surface area contributed by atoms with Crippen molar-refractivity contribution in [1.29, 1.82) is 0 Å². The molecule has 0 saturated carbocycles. The SMILES string of the molecule is CC(C)(C)c1nsc(-n2cnc(C(N)=S)n2)n1. The first-order valence-electron chi connectivity index (χ1n) is 4.94. The summed E-state index contributed by atoms with van der Waals surface area (Å²) >= 11 is 6.07. The molecule has 2 aromatic heterocycles. The van der Waals surface area contributed by atoms with E-state index >= 15 is 0 Å². The molecule has 0 amide bonds. The molecule has 6 nitrogen and oxygen atoms in total. The summed E-state index contributed by atoms with van der Waals surface area (Å²) in [5.74, 6) is 1.12. The minimum absolute atomic E-state index is 0.0820. The lowest BCUT2D eigenvalue weighted by molar-refractivity contribution is 0.553. The van der Waals surface area contributed by atoms with Crippen molar-refractivity contribution in [1.82, 2.24) is 24.1 Å². The molecule has 8 heteroatoms. The lowest BCUT2D eigenvalue weighted by Gasteiger charge is -2.11. The minimum atomic E-state index is -0.0820. The van der Waals surface area contributed by atoms with E-state index in [1.54, 1.807) is 0 Å². The smallest absolute Gasteiger partial charge is 0.231 e. The maximum Gasteiger partial charge on any atom is 0.231 e. The summed E-state index contributed by atoms with van der Waals surface area (Å²) < 4.78 is 5.82. The van der Waals surface area contributed by atoms with E-state index in [4.69, 9.17) is 18.0 Å². The summed E-state index contributed by atoms with van der Waals surface area (Å²) in [5.41, 5.74) is 5.36. The number of aromatic nitrogens is 5. The van der Waals surface area contributed by atoms with Gasteiger partial charge in [-0.3, -0.25) is 0 Å². The molecule has 0 unspecified atom stereocenters. The molecule has 0 spiro atoms. The second kappa shape index (κ2) is 4.11. The quantitative estimate of drug-likeness (QED) is 0.820. The van der Waals surface area contributed by atoms with Crippen molar-refractivity contribution in [3.63, 3.8) is 0 Å². The van der Waals surface area contributed by atoms with Crippen LogP contribution in [-0.4, -0.2) is 29.1 Å². The van der Waals surface area contributed by atoms with E-state index in [1.165, 1.54) is 22.5 Å². The second-order valence-corrected chi connectivity index (χ2v) is 5.70. The number of hydrogen-bond donors (Lipinski definition) is 1. The van der Waals surface area contributed by atoms with Gasteiger partial charge in [-0.15, -0.1) is 5.10 Å². The number of thiocarbonyl (C=S) groups is 1. The average molecular weight is 268 g/mol. The van der Waals surface area contributed by atoms with Crippen LogP contribution in [0.1, 0.15) is 32.4 Å². The van der Waals surface area contributed by atoms with Gasteiger partial charge in [0.05, 0.1) is 0 Å². The standard InChI is InChI=1S/C9H12N6S2/c1-9(2,3)7-12-8(17-14-7)15-4-11-6(13-15)5(10)16/h4H,1-3H3,(H2,10,16). The molecular formula is C9H12N6S2. The lowest BCUT2D eigenvalue weighted by Crippen LogP contribution is -2.13. The van der Waals surface area contributed by atoms with E-state index in [2.05, 4.69) is 40.2 Å². The molecule has 0 aliphatic rings. The van der Waals surface area contributed by atoms with Gasteiger partial charge in [-0.25, -0.2) is 9.97 Å². The summed E-state index contributed by atoms with van der Waals surface area (Å²) in [4.78, 5) is 8.57. The fraction of sp³-hybridized carbons (Fsp3) is 0.444. The largest absolute Gasteiger partial charge is 0.387 e. The highest BCUT2D eigenvalue weighted by molar-refractivity contribution is 7.80. The van der Waals surface area contributed by atoms with E-state index in [-0.39, 0.29) is 10.4 Å². The van der Waals surface area contributed by atoms with Crippen LogP contribution in [0.2, 0.25) is 0 Å². The Morgan fingerprint density at radius 3 is 2.65 bits per heavy atom. The molecular weight excluding hydrogens is 256 g/mol. The molecule has 0 fully saturated rings. The van der Waals surface area contributed by atoms with Crippen molar-refractivity contribution in [3.8, 4) is 5.13 Å². The van der Waals surface area contributed by atoms with Crippen LogP contribution in [0.25, 0.3) is 5.13 Å². The van der Waals surface area contributed by atoms with Crippen molar-refractivity contribution in [2.75, 3.05) is 0 Å². The number of rotatable bonds is 2. The molecule has 0 saturated heterocycles. The highest BCUT2D eigenvalue weighted by Crippen LogP contribution is 2.21. The number of nitrogens with two attached hydrogens (primary N) is 1. The molecule has 17 heavy (non-hydrogen) atoms. The topological polar surface area (TPSA) is 82.5 Å². The first kappa shape index (κ1) is 12.1. The summed E-state index contributed by atoms with van der Waals surface area (Å²) in [7, 11) is 0. The molecule has 2 heterocycles. The van der Waals surface area contributed by atoms with Crippen LogP contribution in [0.3, 0.4) is 0 Å². The maximum absolute atomic E-state index is 5.44. The van der Waals surface area contributed by atoms with Crippen molar-refractivity contribution in [2.24, 2.45) is 5.73 Å². The van der Waals surface area contributed by atoms with Crippen LogP contribution in [0.5, 0.6) is 0 Å². The normalized spacial score (nSPS) is 11.7. The summed E-state index contributed by atoms with van der Waals surface area (Å²) in [5, 5.41) is 4.78. The van der Waals surface area contributed by atoms with Crippen LogP contribution < -0.4 is 5.73 Å².